The molecule has 0 saturated carbocycles. The molecule has 0 aliphatic carbocycles. The lowest BCUT2D eigenvalue weighted by Crippen LogP contribution is -2.18. The Morgan fingerprint density at radius 3 is 2.94 bits per heavy atom. The summed E-state index contributed by atoms with van der Waals surface area (Å²) >= 11 is 11.7. The van der Waals surface area contributed by atoms with Crippen molar-refractivity contribution in [2.24, 2.45) is 5.16 Å². The molecule has 1 heterocycles. The van der Waals surface area contributed by atoms with Gasteiger partial charge in [-0.1, -0.05) is 16.8 Å². The van der Waals surface area contributed by atoms with E-state index in [0.29, 0.717) is 22.7 Å². The molecule has 2 rings (SSSR count). The second kappa shape index (κ2) is 4.60. The Morgan fingerprint density at radius 1 is 1.56 bits per heavy atom. The van der Waals surface area contributed by atoms with Gasteiger partial charge in [0.2, 0.25) is 0 Å². The van der Waals surface area contributed by atoms with Crippen LogP contribution < -0.4 is 0 Å². The molecule has 2 unspecified atom stereocenters. The summed E-state index contributed by atoms with van der Waals surface area (Å²) in [7, 11) is 0. The van der Waals surface area contributed by atoms with Crippen molar-refractivity contribution in [3.05, 3.63) is 34.6 Å². The summed E-state index contributed by atoms with van der Waals surface area (Å²) in [5.74, 6) is -0.352. The van der Waals surface area contributed by atoms with E-state index in [0.717, 1.165) is 0 Å². The van der Waals surface area contributed by atoms with E-state index in [4.69, 9.17) is 28.0 Å². The zero-order valence-corrected chi connectivity index (χ0v) is 10.1. The second-order valence-corrected chi connectivity index (χ2v) is 4.81. The zero-order chi connectivity index (χ0) is 11.7. The molecule has 0 spiro atoms. The van der Waals surface area contributed by atoms with Gasteiger partial charge in [-0.25, -0.2) is 4.39 Å². The number of nitrogens with zero attached hydrogens (tertiary/aromatic N) is 1. The first kappa shape index (κ1) is 11.7. The van der Waals surface area contributed by atoms with Crippen LogP contribution in [-0.2, 0) is 4.84 Å². The topological polar surface area (TPSA) is 21.6 Å². The summed E-state index contributed by atoms with van der Waals surface area (Å²) in [6.07, 6.45) is 0.303. The normalized spacial score (nSPS) is 21.5. The minimum absolute atomic E-state index is 0.163. The monoisotopic (exact) mass is 261 g/mol. The number of hydrogen-bond donors (Lipinski definition) is 0. The van der Waals surface area contributed by atoms with E-state index < -0.39 is 0 Å². The van der Waals surface area contributed by atoms with Crippen LogP contribution in [0.2, 0.25) is 5.02 Å². The smallest absolute Gasteiger partial charge is 0.149 e. The molecule has 1 aliphatic rings. The molecular weight excluding hydrogens is 252 g/mol. The summed E-state index contributed by atoms with van der Waals surface area (Å²) in [4.78, 5) is 5.12. The lowest BCUT2D eigenvalue weighted by atomic mass is 10.0. The first-order chi connectivity index (χ1) is 7.58. The second-order valence-electron chi connectivity index (χ2n) is 3.69. The van der Waals surface area contributed by atoms with Crippen LogP contribution in [0.25, 0.3) is 0 Å². The third kappa shape index (κ3) is 2.30. The number of benzene rings is 1. The third-order valence-corrected chi connectivity index (χ3v) is 2.96. The first-order valence-corrected chi connectivity index (χ1v) is 5.71. The Morgan fingerprint density at radius 2 is 2.31 bits per heavy atom. The first-order valence-electron chi connectivity index (χ1n) is 4.90. The van der Waals surface area contributed by atoms with Crippen LogP contribution in [-0.4, -0.2) is 17.2 Å². The van der Waals surface area contributed by atoms with Crippen molar-refractivity contribution in [3.8, 4) is 0 Å². The highest BCUT2D eigenvalue weighted by Gasteiger charge is 2.27. The molecule has 0 radical (unpaired) electrons. The maximum Gasteiger partial charge on any atom is 0.149 e. The molecule has 0 N–H and O–H groups in total. The SMILES string of the molecule is CC(Cl)C1CC(c2cc(Cl)ccc2F)=NO1. The Bertz CT molecular complexity index is 434. The lowest BCUT2D eigenvalue weighted by molar-refractivity contribution is 0.0855. The fraction of sp³-hybridized carbons (Fsp3) is 0.364. The van der Waals surface area contributed by atoms with Crippen molar-refractivity contribution in [2.45, 2.75) is 24.8 Å². The molecule has 0 fully saturated rings. The molecule has 86 valence electrons. The van der Waals surface area contributed by atoms with Gasteiger partial charge < -0.3 is 4.84 Å². The van der Waals surface area contributed by atoms with Gasteiger partial charge in [-0.3, -0.25) is 0 Å². The van der Waals surface area contributed by atoms with Crippen molar-refractivity contribution < 1.29 is 9.23 Å². The quantitative estimate of drug-likeness (QED) is 0.746. The Kier molecular flexibility index (Phi) is 3.36. The molecule has 0 aromatic heterocycles. The van der Waals surface area contributed by atoms with E-state index in [9.17, 15) is 4.39 Å². The third-order valence-electron chi connectivity index (χ3n) is 2.44. The van der Waals surface area contributed by atoms with Crippen LogP contribution in [0.3, 0.4) is 0 Å². The molecule has 1 aromatic carbocycles. The molecule has 1 aromatic rings. The fourth-order valence-electron chi connectivity index (χ4n) is 1.52. The van der Waals surface area contributed by atoms with Crippen LogP contribution in [0, 0.1) is 5.82 Å². The van der Waals surface area contributed by atoms with Crippen molar-refractivity contribution in [2.75, 3.05) is 0 Å². The largest absolute Gasteiger partial charge is 0.390 e. The molecule has 0 amide bonds. The van der Waals surface area contributed by atoms with E-state index in [1.165, 1.54) is 12.1 Å². The van der Waals surface area contributed by atoms with Crippen LogP contribution in [0.1, 0.15) is 18.9 Å². The van der Waals surface area contributed by atoms with Crippen LogP contribution in [0.4, 0.5) is 4.39 Å². The van der Waals surface area contributed by atoms with E-state index in [1.807, 2.05) is 6.92 Å². The summed E-state index contributed by atoms with van der Waals surface area (Å²) in [5.41, 5.74) is 0.935. The van der Waals surface area contributed by atoms with Crippen molar-refractivity contribution in [3.63, 3.8) is 0 Å². The van der Waals surface area contributed by atoms with Gasteiger partial charge in [-0.15, -0.1) is 11.6 Å². The molecule has 0 saturated heterocycles. The minimum atomic E-state index is -0.352. The van der Waals surface area contributed by atoms with Gasteiger partial charge in [-0.2, -0.15) is 0 Å². The summed E-state index contributed by atoms with van der Waals surface area (Å²) in [6.45, 7) is 1.82. The molecule has 2 nitrogen and oxygen atoms in total. The van der Waals surface area contributed by atoms with E-state index in [1.54, 1.807) is 6.07 Å². The van der Waals surface area contributed by atoms with Crippen LogP contribution in [0.5, 0.6) is 0 Å². The highest BCUT2D eigenvalue weighted by Crippen LogP contribution is 2.24. The molecule has 1 aliphatic heterocycles. The van der Waals surface area contributed by atoms with Gasteiger partial charge >= 0.3 is 0 Å². The number of rotatable bonds is 2. The fourth-order valence-corrected chi connectivity index (χ4v) is 1.83. The van der Waals surface area contributed by atoms with Crippen LogP contribution >= 0.6 is 23.2 Å². The van der Waals surface area contributed by atoms with Gasteiger partial charge in [0, 0.05) is 17.0 Å². The maximum absolute atomic E-state index is 13.5. The van der Waals surface area contributed by atoms with Crippen molar-refractivity contribution in [1.29, 1.82) is 0 Å². The van der Waals surface area contributed by atoms with Gasteiger partial charge in [0.15, 0.2) is 0 Å². The van der Waals surface area contributed by atoms with Gasteiger partial charge in [-0.05, 0) is 25.1 Å². The van der Waals surface area contributed by atoms with Gasteiger partial charge in [0.1, 0.15) is 11.9 Å². The summed E-state index contributed by atoms with van der Waals surface area (Å²) in [6, 6.07) is 4.36. The highest BCUT2D eigenvalue weighted by atomic mass is 35.5. The van der Waals surface area contributed by atoms with Crippen molar-refractivity contribution >= 4 is 28.9 Å². The molecule has 0 bridgehead atoms. The molecule has 2 atom stereocenters. The maximum atomic E-state index is 13.5. The van der Waals surface area contributed by atoms with Crippen LogP contribution in [0.15, 0.2) is 23.4 Å². The number of oxime groups is 1. The number of hydrogen-bond acceptors (Lipinski definition) is 2. The minimum Gasteiger partial charge on any atom is -0.390 e. The van der Waals surface area contributed by atoms with E-state index in [2.05, 4.69) is 5.16 Å². The van der Waals surface area contributed by atoms with Gasteiger partial charge in [0.25, 0.3) is 0 Å². The predicted octanol–water partition coefficient (Wildman–Crippen LogP) is 3.60. The zero-order valence-electron chi connectivity index (χ0n) is 8.58. The summed E-state index contributed by atoms with van der Waals surface area (Å²) < 4.78 is 13.5. The van der Waals surface area contributed by atoms with E-state index in [-0.39, 0.29) is 17.3 Å². The number of halogens is 3. The van der Waals surface area contributed by atoms with Gasteiger partial charge in [0.05, 0.1) is 11.1 Å². The lowest BCUT2D eigenvalue weighted by Gasteiger charge is -2.09. The van der Waals surface area contributed by atoms with Crippen molar-refractivity contribution in [1.82, 2.24) is 0 Å². The summed E-state index contributed by atoms with van der Waals surface area (Å²) in [5, 5.41) is 4.15. The Balaban J connectivity index is 2.23. The average Bonchev–Trinajstić information content (AvgIpc) is 2.70. The highest BCUT2D eigenvalue weighted by molar-refractivity contribution is 6.31. The Hall–Kier alpha value is -0.800. The Labute approximate surface area is 103 Å². The van der Waals surface area contributed by atoms with E-state index >= 15 is 0 Å². The number of alkyl halides is 1. The molecular formula is C11H10Cl2FNO. The molecule has 5 heteroatoms. The predicted molar refractivity (Wildman–Crippen MR) is 62.8 cm³/mol. The molecule has 16 heavy (non-hydrogen) atoms. The standard InChI is InChI=1S/C11H10Cl2FNO/c1-6(12)11-5-10(15-16-11)8-4-7(13)2-3-9(8)14/h2-4,6,11H,5H2,1H3. The average molecular weight is 262 g/mol.